The summed E-state index contributed by atoms with van der Waals surface area (Å²) in [5, 5.41) is 0. The van der Waals surface area contributed by atoms with Crippen LogP contribution in [0, 0.1) is 5.92 Å². The van der Waals surface area contributed by atoms with Gasteiger partial charge in [-0.25, -0.2) is 4.98 Å². The first kappa shape index (κ1) is 14.1. The van der Waals surface area contributed by atoms with Gasteiger partial charge in [-0.3, -0.25) is 0 Å². The molecule has 1 saturated carbocycles. The van der Waals surface area contributed by atoms with E-state index in [4.69, 9.17) is 11.6 Å². The van der Waals surface area contributed by atoms with Crippen molar-refractivity contribution in [2.45, 2.75) is 44.5 Å². The van der Waals surface area contributed by atoms with Crippen molar-refractivity contribution in [3.05, 3.63) is 22.3 Å². The molecule has 4 heteroatoms. The monoisotopic (exact) mass is 330 g/mol. The van der Waals surface area contributed by atoms with Crippen molar-refractivity contribution in [2.24, 2.45) is 5.92 Å². The third-order valence-electron chi connectivity index (χ3n) is 3.92. The third-order valence-corrected chi connectivity index (χ3v) is 4.64. The lowest BCUT2D eigenvalue weighted by molar-refractivity contribution is 0.339. The molecule has 2 rings (SSSR count). The first-order valence-corrected chi connectivity index (χ1v) is 7.87. The molecule has 1 heterocycles. The number of rotatable bonds is 3. The molecule has 100 valence electrons. The van der Waals surface area contributed by atoms with E-state index in [0.29, 0.717) is 11.9 Å². The fourth-order valence-corrected chi connectivity index (χ4v) is 3.27. The molecule has 18 heavy (non-hydrogen) atoms. The molecule has 1 aromatic heterocycles. The SMILES string of the molecule is CC1CCC(N(C)c2ncc(Br)cc2CCl)CC1. The van der Waals surface area contributed by atoms with Crippen LogP contribution < -0.4 is 4.90 Å². The highest BCUT2D eigenvalue weighted by molar-refractivity contribution is 9.10. The maximum absolute atomic E-state index is 6.02. The smallest absolute Gasteiger partial charge is 0.133 e. The van der Waals surface area contributed by atoms with E-state index >= 15 is 0 Å². The second-order valence-electron chi connectivity index (χ2n) is 5.29. The summed E-state index contributed by atoms with van der Waals surface area (Å²) in [6.45, 7) is 2.35. The highest BCUT2D eigenvalue weighted by atomic mass is 79.9. The number of pyridine rings is 1. The average molecular weight is 332 g/mol. The molecule has 0 unspecified atom stereocenters. The normalized spacial score (nSPS) is 24.0. The Kier molecular flexibility index (Phi) is 4.91. The summed E-state index contributed by atoms with van der Waals surface area (Å²) in [6.07, 6.45) is 7.02. The van der Waals surface area contributed by atoms with Gasteiger partial charge in [0.25, 0.3) is 0 Å². The van der Waals surface area contributed by atoms with E-state index < -0.39 is 0 Å². The average Bonchev–Trinajstić information content (AvgIpc) is 2.38. The molecular weight excluding hydrogens is 312 g/mol. The Balaban J connectivity index is 2.15. The highest BCUT2D eigenvalue weighted by Crippen LogP contribution is 2.31. The number of anilines is 1. The first-order chi connectivity index (χ1) is 8.61. The number of aromatic nitrogens is 1. The molecule has 1 fully saturated rings. The van der Waals surface area contributed by atoms with Crippen molar-refractivity contribution < 1.29 is 0 Å². The van der Waals surface area contributed by atoms with Crippen LogP contribution in [-0.2, 0) is 5.88 Å². The van der Waals surface area contributed by atoms with Crippen LogP contribution in [0.25, 0.3) is 0 Å². The molecule has 2 nitrogen and oxygen atoms in total. The molecule has 1 aromatic rings. The van der Waals surface area contributed by atoms with E-state index in [1.807, 2.05) is 6.20 Å². The molecule has 0 bridgehead atoms. The minimum atomic E-state index is 0.509. The number of hydrogen-bond acceptors (Lipinski definition) is 2. The lowest BCUT2D eigenvalue weighted by atomic mass is 9.86. The maximum atomic E-state index is 6.02. The van der Waals surface area contributed by atoms with Crippen molar-refractivity contribution in [1.82, 2.24) is 4.98 Å². The lowest BCUT2D eigenvalue weighted by Crippen LogP contribution is -2.35. The van der Waals surface area contributed by atoms with Crippen LogP contribution >= 0.6 is 27.5 Å². The quantitative estimate of drug-likeness (QED) is 0.753. The van der Waals surface area contributed by atoms with E-state index in [-0.39, 0.29) is 0 Å². The van der Waals surface area contributed by atoms with E-state index in [2.05, 4.69) is 45.9 Å². The molecule has 0 N–H and O–H groups in total. The van der Waals surface area contributed by atoms with Gasteiger partial charge in [0.1, 0.15) is 5.82 Å². The van der Waals surface area contributed by atoms with Crippen LogP contribution in [0.2, 0.25) is 0 Å². The highest BCUT2D eigenvalue weighted by Gasteiger charge is 2.23. The summed E-state index contributed by atoms with van der Waals surface area (Å²) < 4.78 is 0.993. The molecule has 1 aliphatic rings. The van der Waals surface area contributed by atoms with Crippen LogP contribution in [0.1, 0.15) is 38.2 Å². The van der Waals surface area contributed by atoms with Gasteiger partial charge < -0.3 is 4.90 Å². The fraction of sp³-hybridized carbons (Fsp3) is 0.643. The van der Waals surface area contributed by atoms with Gasteiger partial charge in [0.2, 0.25) is 0 Å². The van der Waals surface area contributed by atoms with Gasteiger partial charge in [-0.2, -0.15) is 0 Å². The Morgan fingerprint density at radius 3 is 2.67 bits per heavy atom. The van der Waals surface area contributed by atoms with E-state index in [9.17, 15) is 0 Å². The van der Waals surface area contributed by atoms with Crippen LogP contribution in [0.4, 0.5) is 5.82 Å². The zero-order chi connectivity index (χ0) is 13.1. The summed E-state index contributed by atoms with van der Waals surface area (Å²) in [5.74, 6) is 2.42. The van der Waals surface area contributed by atoms with Crippen molar-refractivity contribution in [3.8, 4) is 0 Å². The van der Waals surface area contributed by atoms with Gasteiger partial charge in [0, 0.05) is 29.3 Å². The van der Waals surface area contributed by atoms with Gasteiger partial charge >= 0.3 is 0 Å². The minimum Gasteiger partial charge on any atom is -0.356 e. The molecule has 0 atom stereocenters. The molecular formula is C14H20BrClN2. The number of alkyl halides is 1. The standard InChI is InChI=1S/C14H20BrClN2/c1-10-3-5-13(6-4-10)18(2)14-11(8-16)7-12(15)9-17-14/h7,9-10,13H,3-6,8H2,1-2H3. The fourth-order valence-electron chi connectivity index (χ4n) is 2.69. The van der Waals surface area contributed by atoms with Crippen LogP contribution in [0.3, 0.4) is 0 Å². The zero-order valence-corrected chi connectivity index (χ0v) is 13.3. The third kappa shape index (κ3) is 3.18. The Bertz CT molecular complexity index is 403. The van der Waals surface area contributed by atoms with Gasteiger partial charge in [-0.1, -0.05) is 6.92 Å². The number of hydrogen-bond donors (Lipinski definition) is 0. The first-order valence-electron chi connectivity index (χ1n) is 6.55. The summed E-state index contributed by atoms with van der Waals surface area (Å²) in [5.41, 5.74) is 1.10. The van der Waals surface area contributed by atoms with Crippen molar-refractivity contribution in [3.63, 3.8) is 0 Å². The molecule has 0 aromatic carbocycles. The summed E-state index contributed by atoms with van der Waals surface area (Å²) >= 11 is 9.47. The lowest BCUT2D eigenvalue weighted by Gasteiger charge is -2.35. The second kappa shape index (κ2) is 6.25. The second-order valence-corrected chi connectivity index (χ2v) is 6.48. The van der Waals surface area contributed by atoms with E-state index in [1.54, 1.807) is 0 Å². The number of halogens is 2. The predicted molar refractivity (Wildman–Crippen MR) is 81.3 cm³/mol. The molecule has 0 radical (unpaired) electrons. The van der Waals surface area contributed by atoms with Gasteiger partial charge in [-0.15, -0.1) is 11.6 Å². The van der Waals surface area contributed by atoms with E-state index in [1.165, 1.54) is 25.7 Å². The molecule has 0 amide bonds. The Hall–Kier alpha value is -0.280. The Morgan fingerprint density at radius 1 is 1.39 bits per heavy atom. The zero-order valence-electron chi connectivity index (χ0n) is 11.0. The maximum Gasteiger partial charge on any atom is 0.133 e. The van der Waals surface area contributed by atoms with Crippen LogP contribution in [0.5, 0.6) is 0 Å². The molecule has 0 spiro atoms. The van der Waals surface area contributed by atoms with Gasteiger partial charge in [-0.05, 0) is 53.6 Å². The van der Waals surface area contributed by atoms with Gasteiger partial charge in [0.05, 0.1) is 5.88 Å². The number of nitrogens with zero attached hydrogens (tertiary/aromatic N) is 2. The Labute approximate surface area is 123 Å². The molecule has 0 saturated heterocycles. The largest absolute Gasteiger partial charge is 0.356 e. The van der Waals surface area contributed by atoms with Gasteiger partial charge in [0.15, 0.2) is 0 Å². The molecule has 1 aliphatic carbocycles. The minimum absolute atomic E-state index is 0.509. The topological polar surface area (TPSA) is 16.1 Å². The van der Waals surface area contributed by atoms with E-state index in [0.717, 1.165) is 21.8 Å². The van der Waals surface area contributed by atoms with Crippen molar-refractivity contribution >= 4 is 33.3 Å². The molecule has 0 aliphatic heterocycles. The van der Waals surface area contributed by atoms with Crippen molar-refractivity contribution in [2.75, 3.05) is 11.9 Å². The van der Waals surface area contributed by atoms with Crippen LogP contribution in [-0.4, -0.2) is 18.1 Å². The predicted octanol–water partition coefficient (Wildman–Crippen LogP) is 4.60. The van der Waals surface area contributed by atoms with Crippen molar-refractivity contribution in [1.29, 1.82) is 0 Å². The van der Waals surface area contributed by atoms with Crippen LogP contribution in [0.15, 0.2) is 16.7 Å². The summed E-state index contributed by atoms with van der Waals surface area (Å²) in [6, 6.07) is 2.67. The summed E-state index contributed by atoms with van der Waals surface area (Å²) in [4.78, 5) is 6.85. The Morgan fingerprint density at radius 2 is 2.06 bits per heavy atom. The summed E-state index contributed by atoms with van der Waals surface area (Å²) in [7, 11) is 2.15.